The van der Waals surface area contributed by atoms with Crippen molar-refractivity contribution in [1.29, 1.82) is 0 Å². The van der Waals surface area contributed by atoms with Gasteiger partial charge in [-0.1, -0.05) is 11.6 Å². The molecule has 4 heterocycles. The number of anilines is 11. The van der Waals surface area contributed by atoms with Gasteiger partial charge in [0, 0.05) is 145 Å². The van der Waals surface area contributed by atoms with Crippen molar-refractivity contribution in [1.82, 2.24) is 9.97 Å². The Labute approximate surface area is 474 Å². The maximum Gasteiger partial charge on any atom is 0.255 e. The summed E-state index contributed by atoms with van der Waals surface area (Å²) < 4.78 is 23.9. The number of fused-ring (bicyclic) bond motifs is 2. The van der Waals surface area contributed by atoms with Crippen LogP contribution in [0.3, 0.4) is 0 Å². The fraction of sp³-hybridized carbons (Fsp3) is 0.100. The number of nitrogen functional groups attached to an aromatic ring is 1. The molecule has 0 aliphatic heterocycles. The molecule has 0 unspecified atom stereocenters. The summed E-state index contributed by atoms with van der Waals surface area (Å²) in [6, 6.07) is 53.5. The standard InChI is InChI=1S/C30H28N6O.C19H18N4O.C11H11ClN2.2ClH.3H2/c1-35(2)26-12-13-27-28(14-17-31-29(27)20-26)33-23-8-10-24(11-9-23)34-30(37)21-4-6-22(7-5-21)32-25-15-18-36(3)19-16-25;1-23-12-10-18(11-13-23)21-16-6-2-14(3-7-16)19(24)22-17-8-4-15(20)5-9-17;1-14(2)8-3-4-9-10(12)5-6-13-11(9)7-8;;;;;/h4-20H,1-3H3,(H2,31,33,34,37);2-13H,20H2,1H3,(H,22,24);3-7H,1-2H3;5*1H/i;;;;;2*1+1D;1+1. The van der Waals surface area contributed by atoms with Gasteiger partial charge in [-0.25, -0.2) is 9.13 Å². The maximum atomic E-state index is 12.8. The van der Waals surface area contributed by atoms with Crippen LogP contribution in [0.25, 0.3) is 21.8 Å². The number of aromatic nitrogens is 4. The molecule has 0 saturated heterocycles. The van der Waals surface area contributed by atoms with Gasteiger partial charge in [-0.15, -0.1) is 0 Å². The van der Waals surface area contributed by atoms with Crippen LogP contribution in [0.2, 0.25) is 5.02 Å². The highest BCUT2D eigenvalue weighted by Gasteiger charge is 2.10. The van der Waals surface area contributed by atoms with Crippen LogP contribution in [-0.4, -0.2) is 50.0 Å². The molecule has 0 bridgehead atoms. The molecule has 6 aromatic carbocycles. The lowest BCUT2D eigenvalue weighted by Crippen LogP contribution is -3.00. The number of carbonyl (C=O) groups excluding carboxylic acids is 2. The molecule has 14 nitrogen and oxygen atoms in total. The van der Waals surface area contributed by atoms with E-state index in [0.717, 1.165) is 78.0 Å². The van der Waals surface area contributed by atoms with Crippen LogP contribution in [0.1, 0.15) is 28.1 Å². The minimum atomic E-state index is -0.157. The van der Waals surface area contributed by atoms with E-state index in [9.17, 15) is 9.59 Å². The van der Waals surface area contributed by atoms with Gasteiger partial charge in [0.15, 0.2) is 24.8 Å². The molecule has 0 saturated carbocycles. The lowest BCUT2D eigenvalue weighted by molar-refractivity contribution is -0.671. The van der Waals surface area contributed by atoms with E-state index in [0.29, 0.717) is 22.5 Å². The second-order valence-electron chi connectivity index (χ2n) is 18.0. The highest BCUT2D eigenvalue weighted by molar-refractivity contribution is 6.35. The first-order valence-electron chi connectivity index (χ1n) is 26.0. The maximum absolute atomic E-state index is 12.8. The predicted molar refractivity (Wildman–Crippen MR) is 315 cm³/mol. The average molecular weight is 1100 g/mol. The van der Waals surface area contributed by atoms with E-state index in [2.05, 4.69) is 59.7 Å². The van der Waals surface area contributed by atoms with Crippen molar-refractivity contribution in [3.63, 3.8) is 0 Å². The number of rotatable bonds is 12. The monoisotopic (exact) mass is 1100 g/mol. The van der Waals surface area contributed by atoms with Crippen LogP contribution in [0.15, 0.2) is 207 Å². The van der Waals surface area contributed by atoms with Crippen LogP contribution in [0, 0.1) is 0 Å². The van der Waals surface area contributed by atoms with Crippen molar-refractivity contribution in [3.8, 4) is 0 Å². The van der Waals surface area contributed by atoms with E-state index < -0.39 is 0 Å². The first-order valence-corrected chi connectivity index (χ1v) is 24.4. The van der Waals surface area contributed by atoms with Crippen molar-refractivity contribution >= 4 is 108 Å². The molecule has 10 rings (SSSR count). The zero-order valence-corrected chi connectivity index (χ0v) is 45.6. The van der Waals surface area contributed by atoms with Crippen LogP contribution in [0.5, 0.6) is 0 Å². The van der Waals surface area contributed by atoms with Gasteiger partial charge >= 0.3 is 0 Å². The first-order chi connectivity index (χ1) is 38.2. The van der Waals surface area contributed by atoms with Gasteiger partial charge < -0.3 is 66.9 Å². The molecular formula is C60H65Cl3N12O2. The lowest BCUT2D eigenvalue weighted by atomic mass is 10.1. The van der Waals surface area contributed by atoms with Crippen LogP contribution in [0.4, 0.5) is 62.6 Å². The number of hydrogen-bond acceptors (Lipinski definition) is 10. The molecule has 17 heteroatoms. The number of carbonyl (C=O) groups is 2. The molecule has 77 heavy (non-hydrogen) atoms. The minimum Gasteiger partial charge on any atom is -1.00 e. The largest absolute Gasteiger partial charge is 1.00 e. The van der Waals surface area contributed by atoms with Crippen molar-refractivity contribution < 1.29 is 50.9 Å². The van der Waals surface area contributed by atoms with E-state index in [1.807, 2.05) is 190 Å². The first kappa shape index (κ1) is 54.3. The molecule has 4 aromatic heterocycles. The van der Waals surface area contributed by atoms with Gasteiger partial charge in [-0.3, -0.25) is 19.6 Å². The molecule has 0 fully saturated rings. The zero-order chi connectivity index (χ0) is 56.8. The zero-order valence-electron chi connectivity index (χ0n) is 47.3. The van der Waals surface area contributed by atoms with Crippen LogP contribution >= 0.6 is 11.6 Å². The number of benzene rings is 6. The van der Waals surface area contributed by atoms with E-state index in [1.54, 1.807) is 54.9 Å². The average Bonchev–Trinajstić information content (AvgIpc) is 3.53. The van der Waals surface area contributed by atoms with E-state index in [-0.39, 0.29) is 38.1 Å². The van der Waals surface area contributed by atoms with E-state index >= 15 is 0 Å². The Kier molecular flexibility index (Phi) is 19.1. The molecule has 7 N–H and O–H groups in total. The van der Waals surface area contributed by atoms with Crippen molar-refractivity contribution in [2.24, 2.45) is 14.1 Å². The predicted octanol–water partition coefficient (Wildman–Crippen LogP) is 6.65. The van der Waals surface area contributed by atoms with Crippen LogP contribution in [-0.2, 0) is 14.1 Å². The normalized spacial score (nSPS) is 10.4. The Bertz CT molecular complexity index is 3560. The van der Waals surface area contributed by atoms with Gasteiger partial charge in [0.05, 0.1) is 27.4 Å². The third-order valence-electron chi connectivity index (χ3n) is 11.9. The Balaban J connectivity index is 0.000000337. The summed E-state index contributed by atoms with van der Waals surface area (Å²) in [4.78, 5) is 37.9. The van der Waals surface area contributed by atoms with Gasteiger partial charge in [0.2, 0.25) is 0 Å². The summed E-state index contributed by atoms with van der Waals surface area (Å²) in [5, 5.41) is 18.7. The molecule has 10 aromatic rings. The number of nitrogens with one attached hydrogen (secondary N) is 5. The molecule has 2 amide bonds. The van der Waals surface area contributed by atoms with Crippen molar-refractivity contribution in [3.05, 3.63) is 223 Å². The van der Waals surface area contributed by atoms with Gasteiger partial charge in [-0.05, 0) is 146 Å². The third-order valence-corrected chi connectivity index (χ3v) is 12.2. The summed E-state index contributed by atoms with van der Waals surface area (Å²) in [6.45, 7) is 0. The van der Waals surface area contributed by atoms with Crippen molar-refractivity contribution in [2.45, 2.75) is 0 Å². The quantitative estimate of drug-likeness (QED) is 0.0578. The van der Waals surface area contributed by atoms with E-state index in [1.165, 1.54) is 0 Å². The number of halogens is 3. The van der Waals surface area contributed by atoms with Gasteiger partial charge in [0.25, 0.3) is 11.8 Å². The second kappa shape index (κ2) is 27.0. The molecular weight excluding hydrogens is 1030 g/mol. The fourth-order valence-electron chi connectivity index (χ4n) is 7.58. The SMILES string of the molecule is CN(C)c1ccc2c(Cl)ccnc2c1.CN(C)c1ccc2c(Nc3ccc(NC(=O)c4ccc(Nc5cc[n+](C)cc5)cc4)cc3)ccnc2c1.C[n+]1ccc(Nc2ccc(C(=O)Nc3ccc(N)cc3)cc2)cc1.[2HH].[2H][2H].[2H][2H].[Cl-].[Cl-]. The second-order valence-corrected chi connectivity index (χ2v) is 18.4. The third kappa shape index (κ3) is 16.0. The highest BCUT2D eigenvalue weighted by Crippen LogP contribution is 2.29. The number of amides is 2. The summed E-state index contributed by atoms with van der Waals surface area (Å²) in [5.41, 5.74) is 18.8. The summed E-state index contributed by atoms with van der Waals surface area (Å²) in [6.07, 6.45) is 11.4. The number of nitrogens with two attached hydrogens (primary N) is 1. The number of hydrogen-bond donors (Lipinski definition) is 6. The summed E-state index contributed by atoms with van der Waals surface area (Å²) in [7, 11) is 12.0. The Morgan fingerprint density at radius 3 is 1.30 bits per heavy atom. The Morgan fingerprint density at radius 2 is 0.844 bits per heavy atom. The summed E-state index contributed by atoms with van der Waals surface area (Å²) >= 11 is 6.04. The van der Waals surface area contributed by atoms with Gasteiger partial charge in [-0.2, -0.15) is 0 Å². The number of aryl methyl sites for hydroxylation is 2. The number of pyridine rings is 4. The molecule has 0 spiro atoms. The minimum absolute atomic E-state index is 0. The Morgan fingerprint density at radius 1 is 0.481 bits per heavy atom. The molecule has 0 radical (unpaired) electrons. The summed E-state index contributed by atoms with van der Waals surface area (Å²) in [5.74, 6) is -0.311. The smallest absolute Gasteiger partial charge is 0.255 e. The molecule has 0 aliphatic rings. The fourth-order valence-corrected chi connectivity index (χ4v) is 7.80. The highest BCUT2D eigenvalue weighted by atomic mass is 35.5. The Hall–Kier alpha value is -8.95. The lowest BCUT2D eigenvalue weighted by Gasteiger charge is -2.15. The molecule has 398 valence electrons. The molecule has 0 atom stereocenters. The topological polar surface area (TPSA) is 160 Å². The van der Waals surface area contributed by atoms with Crippen LogP contribution < -0.4 is 76.1 Å². The van der Waals surface area contributed by atoms with E-state index in [4.69, 9.17) is 23.3 Å². The molecule has 0 aliphatic carbocycles. The van der Waals surface area contributed by atoms with Crippen molar-refractivity contribution in [2.75, 3.05) is 70.3 Å². The number of nitrogens with zero attached hydrogens (tertiary/aromatic N) is 6. The van der Waals surface area contributed by atoms with Gasteiger partial charge in [0.1, 0.15) is 14.1 Å².